The number of carbonyl (C=O) groups is 1. The average Bonchev–Trinajstić information content (AvgIpc) is 2.70. The van der Waals surface area contributed by atoms with Crippen LogP contribution in [0, 0.1) is 11.6 Å². The Bertz CT molecular complexity index is 1000. The number of para-hydroxylation sites is 1. The van der Waals surface area contributed by atoms with Crippen molar-refractivity contribution in [3.63, 3.8) is 0 Å². The molecule has 0 radical (unpaired) electrons. The highest BCUT2D eigenvalue weighted by molar-refractivity contribution is 6.08. The predicted octanol–water partition coefficient (Wildman–Crippen LogP) is 3.73. The van der Waals surface area contributed by atoms with E-state index >= 15 is 0 Å². The van der Waals surface area contributed by atoms with Gasteiger partial charge in [0.1, 0.15) is 11.6 Å². The number of nitrogens with one attached hydrogen (secondary N) is 1. The third kappa shape index (κ3) is 3.46. The van der Waals surface area contributed by atoms with E-state index in [0.29, 0.717) is 42.9 Å². The summed E-state index contributed by atoms with van der Waals surface area (Å²) < 4.78 is 33.3. The van der Waals surface area contributed by atoms with Crippen molar-refractivity contribution in [2.24, 2.45) is 0 Å². The highest BCUT2D eigenvalue weighted by Crippen LogP contribution is 2.31. The minimum Gasteiger partial charge on any atom is -0.378 e. The number of aromatic nitrogens is 1. The molecule has 5 nitrogen and oxygen atoms in total. The summed E-state index contributed by atoms with van der Waals surface area (Å²) in [6.07, 6.45) is 1.45. The van der Waals surface area contributed by atoms with Crippen LogP contribution in [0.25, 0.3) is 10.9 Å². The highest BCUT2D eigenvalue weighted by atomic mass is 19.1. The van der Waals surface area contributed by atoms with Gasteiger partial charge in [0.05, 0.1) is 35.7 Å². The van der Waals surface area contributed by atoms with Gasteiger partial charge in [0.2, 0.25) is 0 Å². The van der Waals surface area contributed by atoms with E-state index in [4.69, 9.17) is 4.74 Å². The van der Waals surface area contributed by atoms with Crippen LogP contribution < -0.4 is 5.32 Å². The number of pyridine rings is 1. The largest absolute Gasteiger partial charge is 0.378 e. The molecular weight excluding hydrogens is 352 g/mol. The first kappa shape index (κ1) is 17.4. The van der Waals surface area contributed by atoms with E-state index in [1.807, 2.05) is 0 Å². The van der Waals surface area contributed by atoms with Gasteiger partial charge in [-0.15, -0.1) is 0 Å². The number of halogens is 2. The molecule has 1 saturated heterocycles. The van der Waals surface area contributed by atoms with Crippen molar-refractivity contribution in [1.29, 1.82) is 0 Å². The van der Waals surface area contributed by atoms with E-state index in [2.05, 4.69) is 10.3 Å². The molecule has 1 N–H and O–H groups in total. The first-order valence-electron chi connectivity index (χ1n) is 8.60. The number of amides is 1. The summed E-state index contributed by atoms with van der Waals surface area (Å²) >= 11 is 0. The second kappa shape index (κ2) is 7.28. The summed E-state index contributed by atoms with van der Waals surface area (Å²) in [4.78, 5) is 19.0. The topological polar surface area (TPSA) is 54.5 Å². The van der Waals surface area contributed by atoms with Crippen LogP contribution in [0.4, 0.5) is 20.2 Å². The van der Waals surface area contributed by atoms with Gasteiger partial charge in [-0.3, -0.25) is 9.78 Å². The maximum absolute atomic E-state index is 14.2. The Balaban J connectivity index is 1.85. The Morgan fingerprint density at radius 3 is 2.67 bits per heavy atom. The quantitative estimate of drug-likeness (QED) is 0.764. The normalized spacial score (nSPS) is 14.4. The Labute approximate surface area is 154 Å². The predicted molar refractivity (Wildman–Crippen MR) is 98.1 cm³/mol. The Kier molecular flexibility index (Phi) is 4.68. The number of hydrogen-bond acceptors (Lipinski definition) is 4. The Morgan fingerprint density at radius 2 is 1.89 bits per heavy atom. The van der Waals surface area contributed by atoms with Crippen molar-refractivity contribution in [3.8, 4) is 0 Å². The molecule has 0 spiro atoms. The van der Waals surface area contributed by atoms with Crippen LogP contribution in [-0.4, -0.2) is 42.1 Å². The van der Waals surface area contributed by atoms with Gasteiger partial charge in [0.25, 0.3) is 5.91 Å². The van der Waals surface area contributed by atoms with Crippen molar-refractivity contribution in [3.05, 3.63) is 65.9 Å². The van der Waals surface area contributed by atoms with Gasteiger partial charge >= 0.3 is 0 Å². The number of anilines is 2. The van der Waals surface area contributed by atoms with Crippen molar-refractivity contribution in [2.75, 3.05) is 31.6 Å². The third-order valence-electron chi connectivity index (χ3n) is 4.49. The van der Waals surface area contributed by atoms with Gasteiger partial charge in [0.15, 0.2) is 0 Å². The van der Waals surface area contributed by atoms with Crippen LogP contribution in [-0.2, 0) is 4.74 Å². The standard InChI is InChI=1S/C20H17F2N3O2/c21-13-5-6-17-14(11-13)19(24-18-4-2-1-3-16(18)22)15(12-23-17)20(26)25-7-9-27-10-8-25/h1-6,11-12H,7-10H2,(H,23,24). The molecule has 1 amide bonds. The first-order chi connectivity index (χ1) is 13.1. The highest BCUT2D eigenvalue weighted by Gasteiger charge is 2.23. The maximum Gasteiger partial charge on any atom is 0.257 e. The molecule has 2 heterocycles. The third-order valence-corrected chi connectivity index (χ3v) is 4.49. The fourth-order valence-electron chi connectivity index (χ4n) is 3.10. The van der Waals surface area contributed by atoms with E-state index in [-0.39, 0.29) is 17.2 Å². The molecular formula is C20H17F2N3O2. The number of hydrogen-bond donors (Lipinski definition) is 1. The molecule has 7 heteroatoms. The number of benzene rings is 2. The van der Waals surface area contributed by atoms with Gasteiger partial charge in [-0.2, -0.15) is 0 Å². The minimum absolute atomic E-state index is 0.199. The van der Waals surface area contributed by atoms with E-state index in [9.17, 15) is 13.6 Å². The maximum atomic E-state index is 14.2. The van der Waals surface area contributed by atoms with Gasteiger partial charge in [-0.1, -0.05) is 12.1 Å². The molecule has 27 heavy (non-hydrogen) atoms. The summed E-state index contributed by atoms with van der Waals surface area (Å²) in [6, 6.07) is 10.2. The molecule has 138 valence electrons. The average molecular weight is 369 g/mol. The van der Waals surface area contributed by atoms with Gasteiger partial charge in [0, 0.05) is 24.7 Å². The lowest BCUT2D eigenvalue weighted by Gasteiger charge is -2.28. The lowest BCUT2D eigenvalue weighted by atomic mass is 10.1. The minimum atomic E-state index is -0.469. The van der Waals surface area contributed by atoms with Crippen molar-refractivity contribution >= 4 is 28.2 Å². The molecule has 3 aromatic rings. The van der Waals surface area contributed by atoms with E-state index in [0.717, 1.165) is 0 Å². The molecule has 0 saturated carbocycles. The zero-order chi connectivity index (χ0) is 18.8. The van der Waals surface area contributed by atoms with Crippen molar-refractivity contribution < 1.29 is 18.3 Å². The lowest BCUT2D eigenvalue weighted by Crippen LogP contribution is -2.41. The zero-order valence-corrected chi connectivity index (χ0v) is 14.4. The molecule has 1 fully saturated rings. The van der Waals surface area contributed by atoms with Crippen LogP contribution in [0.2, 0.25) is 0 Å². The van der Waals surface area contributed by atoms with Crippen molar-refractivity contribution in [1.82, 2.24) is 9.88 Å². The number of morpholine rings is 1. The number of ether oxygens (including phenoxy) is 1. The summed E-state index contributed by atoms with van der Waals surface area (Å²) in [7, 11) is 0. The van der Waals surface area contributed by atoms with E-state index < -0.39 is 11.6 Å². The molecule has 1 aromatic heterocycles. The molecule has 0 bridgehead atoms. The summed E-state index contributed by atoms with van der Waals surface area (Å²) in [5.74, 6) is -1.18. The molecule has 0 aliphatic carbocycles. The first-order valence-corrected chi connectivity index (χ1v) is 8.60. The zero-order valence-electron chi connectivity index (χ0n) is 14.4. The lowest BCUT2D eigenvalue weighted by molar-refractivity contribution is 0.0303. The number of carbonyl (C=O) groups excluding carboxylic acids is 1. The second-order valence-electron chi connectivity index (χ2n) is 6.22. The van der Waals surface area contributed by atoms with Crippen LogP contribution >= 0.6 is 0 Å². The van der Waals surface area contributed by atoms with E-state index in [1.165, 1.54) is 30.5 Å². The molecule has 1 aliphatic heterocycles. The fraction of sp³-hybridized carbons (Fsp3) is 0.200. The molecule has 4 rings (SSSR count). The van der Waals surface area contributed by atoms with Crippen LogP contribution in [0.5, 0.6) is 0 Å². The SMILES string of the molecule is O=C(c1cnc2ccc(F)cc2c1Nc1ccccc1F)N1CCOCC1. The van der Waals surface area contributed by atoms with Gasteiger partial charge < -0.3 is 15.0 Å². The number of nitrogens with zero attached hydrogens (tertiary/aromatic N) is 2. The van der Waals surface area contributed by atoms with Crippen LogP contribution in [0.3, 0.4) is 0 Å². The summed E-state index contributed by atoms with van der Waals surface area (Å²) in [5.41, 5.74) is 1.30. The molecule has 2 aromatic carbocycles. The van der Waals surface area contributed by atoms with Gasteiger partial charge in [-0.25, -0.2) is 8.78 Å². The van der Waals surface area contributed by atoms with Crippen LogP contribution in [0.15, 0.2) is 48.7 Å². The molecule has 0 unspecified atom stereocenters. The van der Waals surface area contributed by atoms with Crippen LogP contribution in [0.1, 0.15) is 10.4 Å². The number of fused-ring (bicyclic) bond motifs is 1. The monoisotopic (exact) mass is 369 g/mol. The number of rotatable bonds is 3. The summed E-state index contributed by atoms with van der Waals surface area (Å²) in [6.45, 7) is 1.83. The smallest absolute Gasteiger partial charge is 0.257 e. The molecule has 1 aliphatic rings. The fourth-order valence-corrected chi connectivity index (χ4v) is 3.10. The molecule has 0 atom stereocenters. The Hall–Kier alpha value is -3.06. The van der Waals surface area contributed by atoms with E-state index in [1.54, 1.807) is 23.1 Å². The second-order valence-corrected chi connectivity index (χ2v) is 6.22. The Morgan fingerprint density at radius 1 is 1.11 bits per heavy atom. The summed E-state index contributed by atoms with van der Waals surface area (Å²) in [5, 5.41) is 3.38. The van der Waals surface area contributed by atoms with Crippen molar-refractivity contribution in [2.45, 2.75) is 0 Å². The van der Waals surface area contributed by atoms with Gasteiger partial charge in [-0.05, 0) is 30.3 Å².